The van der Waals surface area contributed by atoms with Crippen LogP contribution in [0, 0.1) is 0 Å². The minimum atomic E-state index is 0.447. The van der Waals surface area contributed by atoms with Crippen LogP contribution in [0.2, 0.25) is 0 Å². The van der Waals surface area contributed by atoms with E-state index < -0.39 is 0 Å². The third-order valence-corrected chi connectivity index (χ3v) is 4.90. The van der Waals surface area contributed by atoms with Crippen LogP contribution < -0.4 is 10.4 Å². The van der Waals surface area contributed by atoms with Crippen molar-refractivity contribution in [2.75, 3.05) is 11.6 Å². The minimum Gasteiger partial charge on any atom is -0.283 e. The molecule has 1 aliphatic carbocycles. The zero-order valence-corrected chi connectivity index (χ0v) is 12.6. The average molecular weight is 278 g/mol. The summed E-state index contributed by atoms with van der Waals surface area (Å²) >= 11 is 1.86. The van der Waals surface area contributed by atoms with Gasteiger partial charge in [-0.1, -0.05) is 18.3 Å². The Kier molecular flexibility index (Phi) is 3.73. The summed E-state index contributed by atoms with van der Waals surface area (Å²) in [6.45, 7) is 5.31. The summed E-state index contributed by atoms with van der Waals surface area (Å²) in [5, 5.41) is 3.33. The van der Waals surface area contributed by atoms with E-state index >= 15 is 0 Å². The van der Waals surface area contributed by atoms with E-state index in [1.807, 2.05) is 11.3 Å². The van der Waals surface area contributed by atoms with Crippen LogP contribution in [0.5, 0.6) is 0 Å². The Morgan fingerprint density at radius 1 is 1.42 bits per heavy atom. The van der Waals surface area contributed by atoms with Crippen LogP contribution in [0.1, 0.15) is 50.1 Å². The van der Waals surface area contributed by atoms with Crippen molar-refractivity contribution in [3.63, 3.8) is 0 Å². The predicted molar refractivity (Wildman–Crippen MR) is 81.0 cm³/mol. The number of amidine groups is 1. The number of nitrogens with zero attached hydrogens (tertiary/aromatic N) is 3. The van der Waals surface area contributed by atoms with Crippen LogP contribution >= 0.6 is 11.3 Å². The topological polar surface area (TPSA) is 40.5 Å². The van der Waals surface area contributed by atoms with Gasteiger partial charge in [0.1, 0.15) is 5.84 Å². The van der Waals surface area contributed by atoms with Crippen LogP contribution in [0.25, 0.3) is 0 Å². The molecule has 1 aliphatic heterocycles. The SMILES string of the molecule is CCCN=C1CC(C)N(c2nc3c(s2)CCCC3)N1. The highest BCUT2D eigenvalue weighted by molar-refractivity contribution is 7.15. The molecule has 2 aliphatic rings. The third kappa shape index (κ3) is 2.61. The summed E-state index contributed by atoms with van der Waals surface area (Å²) in [4.78, 5) is 10.9. The standard InChI is InChI=1S/C14H22N4S/c1-3-8-15-13-9-10(2)18(17-13)14-16-11-6-4-5-7-12(11)19-14/h10H,3-9H2,1-2H3,(H,15,17). The second kappa shape index (κ2) is 5.49. The molecule has 104 valence electrons. The lowest BCUT2D eigenvalue weighted by atomic mass is 10.0. The molecule has 1 atom stereocenters. The van der Waals surface area contributed by atoms with Gasteiger partial charge in [-0.3, -0.25) is 15.4 Å². The second-order valence-electron chi connectivity index (χ2n) is 5.44. The first kappa shape index (κ1) is 12.9. The molecule has 1 aromatic rings. The number of aromatic nitrogens is 1. The molecular weight excluding hydrogens is 256 g/mol. The number of hydrogen-bond acceptors (Lipinski definition) is 4. The molecule has 0 saturated carbocycles. The molecule has 0 radical (unpaired) electrons. The monoisotopic (exact) mass is 278 g/mol. The fourth-order valence-electron chi connectivity index (χ4n) is 2.69. The van der Waals surface area contributed by atoms with Gasteiger partial charge in [0.15, 0.2) is 0 Å². The first-order valence-electron chi connectivity index (χ1n) is 7.35. The predicted octanol–water partition coefficient (Wildman–Crippen LogP) is 2.93. The molecule has 0 spiro atoms. The fourth-order valence-corrected chi connectivity index (χ4v) is 3.90. The molecule has 1 fully saturated rings. The van der Waals surface area contributed by atoms with E-state index in [9.17, 15) is 0 Å². The van der Waals surface area contributed by atoms with Crippen molar-refractivity contribution in [2.24, 2.45) is 4.99 Å². The first-order chi connectivity index (χ1) is 9.28. The summed E-state index contributed by atoms with van der Waals surface area (Å²) < 4.78 is 0. The van der Waals surface area contributed by atoms with Gasteiger partial charge in [-0.25, -0.2) is 4.98 Å². The van der Waals surface area contributed by atoms with Crippen molar-refractivity contribution in [1.82, 2.24) is 10.4 Å². The van der Waals surface area contributed by atoms with E-state index in [4.69, 9.17) is 4.98 Å². The van der Waals surface area contributed by atoms with Crippen molar-refractivity contribution in [1.29, 1.82) is 0 Å². The third-order valence-electron chi connectivity index (χ3n) is 3.75. The maximum Gasteiger partial charge on any atom is 0.204 e. The van der Waals surface area contributed by atoms with E-state index in [2.05, 4.69) is 29.3 Å². The quantitative estimate of drug-likeness (QED) is 0.924. The number of rotatable bonds is 3. The number of fused-ring (bicyclic) bond motifs is 1. The molecule has 3 rings (SSSR count). The van der Waals surface area contributed by atoms with Gasteiger partial charge in [-0.15, -0.1) is 0 Å². The van der Waals surface area contributed by atoms with Gasteiger partial charge in [0.05, 0.1) is 11.7 Å². The number of aliphatic imine (C=N–C) groups is 1. The molecule has 1 aromatic heterocycles. The van der Waals surface area contributed by atoms with Crippen molar-refractivity contribution >= 4 is 22.3 Å². The second-order valence-corrected chi connectivity index (χ2v) is 6.50. The molecule has 0 bridgehead atoms. The highest BCUT2D eigenvalue weighted by Crippen LogP contribution is 2.33. The molecule has 1 saturated heterocycles. The summed E-state index contributed by atoms with van der Waals surface area (Å²) in [5.74, 6) is 1.11. The number of hydrogen-bond donors (Lipinski definition) is 1. The Balaban J connectivity index is 1.77. The summed E-state index contributed by atoms with van der Waals surface area (Å²) in [6.07, 6.45) is 7.09. The number of thiazole rings is 1. The number of aryl methyl sites for hydroxylation is 2. The fraction of sp³-hybridized carbons (Fsp3) is 0.714. The van der Waals surface area contributed by atoms with Crippen molar-refractivity contribution in [3.05, 3.63) is 10.6 Å². The van der Waals surface area contributed by atoms with E-state index in [1.54, 1.807) is 0 Å². The van der Waals surface area contributed by atoms with Gasteiger partial charge in [0.2, 0.25) is 5.13 Å². The van der Waals surface area contributed by atoms with E-state index in [-0.39, 0.29) is 0 Å². The maximum atomic E-state index is 4.82. The Hall–Kier alpha value is -1.10. The van der Waals surface area contributed by atoms with Gasteiger partial charge in [-0.2, -0.15) is 0 Å². The van der Waals surface area contributed by atoms with Crippen molar-refractivity contribution in [3.8, 4) is 0 Å². The van der Waals surface area contributed by atoms with Crippen LogP contribution in [0.15, 0.2) is 4.99 Å². The molecule has 2 heterocycles. The van der Waals surface area contributed by atoms with Gasteiger partial charge < -0.3 is 0 Å². The van der Waals surface area contributed by atoms with E-state index in [0.717, 1.165) is 36.8 Å². The van der Waals surface area contributed by atoms with Gasteiger partial charge in [-0.05, 0) is 39.0 Å². The van der Waals surface area contributed by atoms with Gasteiger partial charge in [0.25, 0.3) is 0 Å². The van der Waals surface area contributed by atoms with Crippen LogP contribution in [-0.4, -0.2) is 23.4 Å². The van der Waals surface area contributed by atoms with Crippen LogP contribution in [0.3, 0.4) is 0 Å². The zero-order valence-electron chi connectivity index (χ0n) is 11.8. The van der Waals surface area contributed by atoms with Gasteiger partial charge in [0, 0.05) is 17.8 Å². The molecular formula is C14H22N4S. The lowest BCUT2D eigenvalue weighted by Crippen LogP contribution is -2.37. The normalized spacial score (nSPS) is 24.6. The first-order valence-corrected chi connectivity index (χ1v) is 8.17. The zero-order chi connectivity index (χ0) is 13.2. The maximum absolute atomic E-state index is 4.82. The van der Waals surface area contributed by atoms with Crippen LogP contribution in [-0.2, 0) is 12.8 Å². The largest absolute Gasteiger partial charge is 0.283 e. The highest BCUT2D eigenvalue weighted by Gasteiger charge is 2.28. The van der Waals surface area contributed by atoms with E-state index in [0.29, 0.717) is 6.04 Å². The van der Waals surface area contributed by atoms with Crippen LogP contribution in [0.4, 0.5) is 5.13 Å². The average Bonchev–Trinajstić information content (AvgIpc) is 2.99. The number of hydrazine groups is 1. The summed E-state index contributed by atoms with van der Waals surface area (Å²) in [6, 6.07) is 0.447. The van der Waals surface area contributed by atoms with E-state index in [1.165, 1.54) is 29.8 Å². The minimum absolute atomic E-state index is 0.447. The summed E-state index contributed by atoms with van der Waals surface area (Å²) in [7, 11) is 0. The van der Waals surface area contributed by atoms with Gasteiger partial charge >= 0.3 is 0 Å². The smallest absolute Gasteiger partial charge is 0.204 e. The molecule has 4 nitrogen and oxygen atoms in total. The summed E-state index contributed by atoms with van der Waals surface area (Å²) in [5.41, 5.74) is 4.76. The van der Waals surface area contributed by atoms with Crippen molar-refractivity contribution < 1.29 is 0 Å². The Labute approximate surface area is 118 Å². The number of anilines is 1. The molecule has 1 unspecified atom stereocenters. The lowest BCUT2D eigenvalue weighted by Gasteiger charge is -2.19. The number of nitrogens with one attached hydrogen (secondary N) is 1. The molecule has 0 aromatic carbocycles. The molecule has 0 amide bonds. The molecule has 19 heavy (non-hydrogen) atoms. The Bertz CT molecular complexity index is 456. The van der Waals surface area contributed by atoms with Crippen molar-refractivity contribution in [2.45, 2.75) is 58.4 Å². The highest BCUT2D eigenvalue weighted by atomic mass is 32.1. The Morgan fingerprint density at radius 2 is 2.26 bits per heavy atom. The lowest BCUT2D eigenvalue weighted by molar-refractivity contribution is 0.672. The molecule has 5 heteroatoms. The molecule has 1 N–H and O–H groups in total. The Morgan fingerprint density at radius 3 is 3.05 bits per heavy atom.